The van der Waals surface area contributed by atoms with Crippen molar-refractivity contribution >= 4 is 29.3 Å². The van der Waals surface area contributed by atoms with E-state index >= 15 is 0 Å². The van der Waals surface area contributed by atoms with Gasteiger partial charge in [0.2, 0.25) is 11.9 Å². The van der Waals surface area contributed by atoms with Crippen LogP contribution in [0.15, 0.2) is 36.4 Å². The molecular formula is C18H20N4O3S. The van der Waals surface area contributed by atoms with E-state index in [2.05, 4.69) is 27.2 Å². The fourth-order valence-corrected chi connectivity index (χ4v) is 3.33. The number of aryl methyl sites for hydroxylation is 1. The van der Waals surface area contributed by atoms with Gasteiger partial charge in [-0.1, -0.05) is 6.08 Å². The van der Waals surface area contributed by atoms with Crippen molar-refractivity contribution in [3.05, 3.63) is 47.6 Å². The number of thiophene rings is 1. The Labute approximate surface area is 155 Å². The van der Waals surface area contributed by atoms with E-state index in [9.17, 15) is 9.59 Å². The highest BCUT2D eigenvalue weighted by Gasteiger charge is 2.22. The monoisotopic (exact) mass is 372 g/mol. The Kier molecular flexibility index (Phi) is 5.96. The Morgan fingerprint density at radius 2 is 2.35 bits per heavy atom. The Morgan fingerprint density at radius 3 is 3.12 bits per heavy atom. The Morgan fingerprint density at radius 1 is 1.46 bits per heavy atom. The lowest BCUT2D eigenvalue weighted by Crippen LogP contribution is -2.39. The van der Waals surface area contributed by atoms with E-state index in [1.54, 1.807) is 24.4 Å². The van der Waals surface area contributed by atoms with Gasteiger partial charge < -0.3 is 10.1 Å². The van der Waals surface area contributed by atoms with E-state index in [0.29, 0.717) is 24.3 Å². The van der Waals surface area contributed by atoms with Gasteiger partial charge in [-0.25, -0.2) is 14.8 Å². The molecule has 8 heteroatoms. The third-order valence-corrected chi connectivity index (χ3v) is 4.74. The molecule has 0 fully saturated rings. The predicted octanol–water partition coefficient (Wildman–Crippen LogP) is 3.09. The molecule has 1 aliphatic carbocycles. The first-order valence-electron chi connectivity index (χ1n) is 8.41. The fraction of sp³-hybridized carbons (Fsp3) is 0.333. The Bertz CT molecular complexity index is 792. The molecule has 0 aliphatic heterocycles. The van der Waals surface area contributed by atoms with Crippen LogP contribution in [0, 0.1) is 0 Å². The van der Waals surface area contributed by atoms with Crippen LogP contribution in [-0.2, 0) is 17.6 Å². The van der Waals surface area contributed by atoms with Crippen LogP contribution >= 0.6 is 11.3 Å². The zero-order valence-corrected chi connectivity index (χ0v) is 15.1. The molecule has 2 aromatic heterocycles. The molecule has 0 saturated heterocycles. The summed E-state index contributed by atoms with van der Waals surface area (Å²) in [6.07, 6.45) is 6.17. The average molecular weight is 372 g/mol. The van der Waals surface area contributed by atoms with Gasteiger partial charge in [0, 0.05) is 24.4 Å². The molecule has 2 amide bonds. The summed E-state index contributed by atoms with van der Waals surface area (Å²) in [7, 11) is 0. The maximum absolute atomic E-state index is 11.8. The molecule has 0 bridgehead atoms. The molecule has 1 atom stereocenters. The van der Waals surface area contributed by atoms with Gasteiger partial charge in [-0.2, -0.15) is 0 Å². The van der Waals surface area contributed by atoms with Gasteiger partial charge in [0.15, 0.2) is 5.06 Å². The van der Waals surface area contributed by atoms with Crippen molar-refractivity contribution < 1.29 is 14.3 Å². The highest BCUT2D eigenvalue weighted by Crippen LogP contribution is 2.21. The number of allylic oxidation sites excluding steroid dienone is 1. The number of nitrogens with zero attached hydrogens (tertiary/aromatic N) is 2. The molecule has 1 unspecified atom stereocenters. The van der Waals surface area contributed by atoms with Crippen molar-refractivity contribution in [3.8, 4) is 5.06 Å². The van der Waals surface area contributed by atoms with Crippen LogP contribution < -0.4 is 15.4 Å². The molecule has 2 N–H and O–H groups in total. The second kappa shape index (κ2) is 8.57. The predicted molar refractivity (Wildman–Crippen MR) is 99.4 cm³/mol. The highest BCUT2D eigenvalue weighted by molar-refractivity contribution is 7.11. The van der Waals surface area contributed by atoms with Gasteiger partial charge in [-0.05, 0) is 48.8 Å². The molecule has 0 saturated carbocycles. The molecule has 7 nitrogen and oxygen atoms in total. The summed E-state index contributed by atoms with van der Waals surface area (Å²) < 4.78 is 5.13. The van der Waals surface area contributed by atoms with Crippen molar-refractivity contribution in [1.29, 1.82) is 0 Å². The molecule has 2 heterocycles. The topological polar surface area (TPSA) is 93.2 Å². The average Bonchev–Trinajstić information content (AvgIpc) is 3.13. The number of carbonyl (C=O) groups is 2. The number of carbonyl (C=O) groups excluding carboxylic acids is 2. The third-order valence-electron chi connectivity index (χ3n) is 3.99. The Hall–Kier alpha value is -2.74. The lowest BCUT2D eigenvalue weighted by Gasteiger charge is -2.24. The molecule has 2 aromatic rings. The highest BCUT2D eigenvalue weighted by atomic mass is 32.1. The van der Waals surface area contributed by atoms with Crippen molar-refractivity contribution in [2.75, 3.05) is 5.32 Å². The van der Waals surface area contributed by atoms with Crippen LogP contribution in [0.4, 0.5) is 10.7 Å². The second-order valence-electron chi connectivity index (χ2n) is 5.95. The Balaban J connectivity index is 1.55. The minimum Gasteiger partial charge on any atom is -0.399 e. The summed E-state index contributed by atoms with van der Waals surface area (Å²) in [6.45, 7) is 3.62. The molecule has 0 radical (unpaired) electrons. The second-order valence-corrected chi connectivity index (χ2v) is 6.86. The zero-order valence-electron chi connectivity index (χ0n) is 14.2. The van der Waals surface area contributed by atoms with E-state index in [4.69, 9.17) is 4.74 Å². The van der Waals surface area contributed by atoms with Crippen LogP contribution in [0.25, 0.3) is 0 Å². The van der Waals surface area contributed by atoms with Crippen molar-refractivity contribution in [1.82, 2.24) is 15.3 Å². The van der Waals surface area contributed by atoms with E-state index in [0.717, 1.165) is 24.1 Å². The van der Waals surface area contributed by atoms with Crippen LogP contribution in [-0.4, -0.2) is 28.0 Å². The van der Waals surface area contributed by atoms with E-state index in [1.807, 2.05) is 5.38 Å². The standard InChI is InChI=1S/C18H20N4O3S/c1-2-3-5-15(23)20-13-7-8-14-12(10-13)11-19-17(21-14)22-18(24)25-16-6-4-9-26-16/h2,4,6,9,11,13H,1,3,5,7-8,10H2,(H,20,23)(H,19,21,22,24). The number of aromatic nitrogens is 2. The van der Waals surface area contributed by atoms with Crippen molar-refractivity contribution in [2.45, 2.75) is 38.1 Å². The van der Waals surface area contributed by atoms with Crippen LogP contribution in [0.5, 0.6) is 5.06 Å². The van der Waals surface area contributed by atoms with Gasteiger partial charge in [0.25, 0.3) is 0 Å². The lowest BCUT2D eigenvalue weighted by atomic mass is 9.92. The van der Waals surface area contributed by atoms with Gasteiger partial charge >= 0.3 is 6.09 Å². The van der Waals surface area contributed by atoms with Crippen LogP contribution in [0.1, 0.15) is 30.5 Å². The summed E-state index contributed by atoms with van der Waals surface area (Å²) in [6, 6.07) is 3.60. The largest absolute Gasteiger partial charge is 0.420 e. The number of fused-ring (bicyclic) bond motifs is 1. The number of anilines is 1. The normalized spacial score (nSPS) is 15.6. The zero-order chi connectivity index (χ0) is 18.4. The van der Waals surface area contributed by atoms with Crippen molar-refractivity contribution in [3.63, 3.8) is 0 Å². The van der Waals surface area contributed by atoms with E-state index < -0.39 is 6.09 Å². The molecule has 0 aromatic carbocycles. The first-order valence-corrected chi connectivity index (χ1v) is 9.29. The number of hydrogen-bond acceptors (Lipinski definition) is 6. The first kappa shape index (κ1) is 18.1. The van der Waals surface area contributed by atoms with Crippen molar-refractivity contribution in [2.24, 2.45) is 0 Å². The molecular weight excluding hydrogens is 352 g/mol. The van der Waals surface area contributed by atoms with Gasteiger partial charge in [0.1, 0.15) is 0 Å². The molecule has 26 heavy (non-hydrogen) atoms. The molecule has 0 spiro atoms. The molecule has 3 rings (SSSR count). The molecule has 1 aliphatic rings. The number of hydrogen-bond donors (Lipinski definition) is 2. The lowest BCUT2D eigenvalue weighted by molar-refractivity contribution is -0.121. The number of ether oxygens (including phenoxy) is 1. The fourth-order valence-electron chi connectivity index (χ4n) is 2.75. The van der Waals surface area contributed by atoms with Gasteiger partial charge in [-0.15, -0.1) is 17.9 Å². The minimum absolute atomic E-state index is 0.0360. The summed E-state index contributed by atoms with van der Waals surface area (Å²) in [4.78, 5) is 32.3. The minimum atomic E-state index is -0.615. The molecule has 136 valence electrons. The quantitative estimate of drug-likeness (QED) is 0.760. The summed E-state index contributed by atoms with van der Waals surface area (Å²) >= 11 is 1.33. The SMILES string of the molecule is C=CCCC(=O)NC1CCc2nc(NC(=O)Oc3cccs3)ncc2C1. The number of rotatable bonds is 6. The van der Waals surface area contributed by atoms with Crippen LogP contribution in [0.3, 0.4) is 0 Å². The smallest absolute Gasteiger partial charge is 0.399 e. The van der Waals surface area contributed by atoms with Crippen LogP contribution in [0.2, 0.25) is 0 Å². The maximum atomic E-state index is 11.8. The van der Waals surface area contributed by atoms with E-state index in [1.165, 1.54) is 11.3 Å². The number of amides is 2. The first-order chi connectivity index (χ1) is 12.6. The van der Waals surface area contributed by atoms with E-state index in [-0.39, 0.29) is 17.9 Å². The summed E-state index contributed by atoms with van der Waals surface area (Å²) in [5.41, 5.74) is 1.88. The van der Waals surface area contributed by atoms with Gasteiger partial charge in [0.05, 0.1) is 0 Å². The summed E-state index contributed by atoms with van der Waals surface area (Å²) in [5.74, 6) is 0.257. The maximum Gasteiger partial charge on any atom is 0.420 e. The van der Waals surface area contributed by atoms with Gasteiger partial charge in [-0.3, -0.25) is 10.1 Å². The summed E-state index contributed by atoms with van der Waals surface area (Å²) in [5, 5.41) is 7.91. The number of nitrogens with one attached hydrogen (secondary N) is 2. The third kappa shape index (κ3) is 4.89.